The second-order valence-electron chi connectivity index (χ2n) is 2.50. The summed E-state index contributed by atoms with van der Waals surface area (Å²) in [5.41, 5.74) is 0. The van der Waals surface area contributed by atoms with Crippen LogP contribution in [0.25, 0.3) is 0 Å². The molecule has 0 saturated carbocycles. The minimum atomic E-state index is -0.0533. The number of rotatable bonds is 5. The third kappa shape index (κ3) is 3.49. The van der Waals surface area contributed by atoms with Crippen molar-refractivity contribution in [3.8, 4) is 6.07 Å². The number of aromatic amines is 1. The molecule has 1 heterocycles. The summed E-state index contributed by atoms with van der Waals surface area (Å²) in [6.45, 7) is 0. The van der Waals surface area contributed by atoms with E-state index in [-0.39, 0.29) is 6.04 Å². The molecule has 0 fully saturated rings. The van der Waals surface area contributed by atoms with E-state index in [4.69, 9.17) is 5.26 Å². The van der Waals surface area contributed by atoms with E-state index >= 15 is 0 Å². The van der Waals surface area contributed by atoms with Gasteiger partial charge in [-0.3, -0.25) is 0 Å². The van der Waals surface area contributed by atoms with Crippen molar-refractivity contribution in [1.82, 2.24) is 15.3 Å². The van der Waals surface area contributed by atoms with Gasteiger partial charge in [0, 0.05) is 18.1 Å². The first kappa shape index (κ1) is 10.1. The standard InChI is InChI=1S/C8H12N4S/c1-10-7(6-9)2-5-13-8-11-3-4-12-8/h3-4,7,10H,2,5H2,1H3,(H,11,12). The quantitative estimate of drug-likeness (QED) is 0.690. The molecule has 1 unspecified atom stereocenters. The van der Waals surface area contributed by atoms with Crippen LogP contribution in [0, 0.1) is 11.3 Å². The molecule has 5 heteroatoms. The summed E-state index contributed by atoms with van der Waals surface area (Å²) < 4.78 is 0. The smallest absolute Gasteiger partial charge is 0.165 e. The van der Waals surface area contributed by atoms with Crippen molar-refractivity contribution in [3.05, 3.63) is 12.4 Å². The highest BCUT2D eigenvalue weighted by Crippen LogP contribution is 2.13. The Bertz CT molecular complexity index is 264. The normalized spacial score (nSPS) is 12.3. The molecule has 70 valence electrons. The van der Waals surface area contributed by atoms with Gasteiger partial charge in [0.05, 0.1) is 12.1 Å². The van der Waals surface area contributed by atoms with Gasteiger partial charge in [-0.1, -0.05) is 11.8 Å². The number of nitrogens with zero attached hydrogens (tertiary/aromatic N) is 2. The first-order valence-corrected chi connectivity index (χ1v) is 5.04. The molecule has 0 spiro atoms. The lowest BCUT2D eigenvalue weighted by molar-refractivity contribution is 0.663. The third-order valence-electron chi connectivity index (χ3n) is 1.62. The maximum atomic E-state index is 8.64. The van der Waals surface area contributed by atoms with Gasteiger partial charge in [-0.15, -0.1) is 0 Å². The van der Waals surface area contributed by atoms with Crippen LogP contribution in [0.15, 0.2) is 17.6 Å². The van der Waals surface area contributed by atoms with Crippen LogP contribution in [0.2, 0.25) is 0 Å². The summed E-state index contributed by atoms with van der Waals surface area (Å²) >= 11 is 1.63. The number of H-pyrrole nitrogens is 1. The van der Waals surface area contributed by atoms with Crippen molar-refractivity contribution < 1.29 is 0 Å². The Kier molecular flexibility index (Phi) is 4.36. The minimum Gasteiger partial charge on any atom is -0.340 e. The Morgan fingerprint density at radius 2 is 2.69 bits per heavy atom. The molecule has 4 nitrogen and oxygen atoms in total. The fraction of sp³-hybridized carbons (Fsp3) is 0.500. The molecule has 0 amide bonds. The fourth-order valence-corrected chi connectivity index (χ4v) is 1.71. The predicted molar refractivity (Wildman–Crippen MR) is 52.4 cm³/mol. The van der Waals surface area contributed by atoms with Gasteiger partial charge in [0.15, 0.2) is 5.16 Å². The highest BCUT2D eigenvalue weighted by molar-refractivity contribution is 7.99. The molecule has 1 aromatic rings. The largest absolute Gasteiger partial charge is 0.340 e. The molecule has 0 saturated heterocycles. The molecule has 0 aromatic carbocycles. The molecule has 2 N–H and O–H groups in total. The van der Waals surface area contributed by atoms with Gasteiger partial charge >= 0.3 is 0 Å². The first-order chi connectivity index (χ1) is 6.36. The van der Waals surface area contributed by atoms with E-state index in [2.05, 4.69) is 21.4 Å². The van der Waals surface area contributed by atoms with E-state index in [1.54, 1.807) is 31.2 Å². The SMILES string of the molecule is CNC(C#N)CCSc1ncc[nH]1. The zero-order valence-electron chi connectivity index (χ0n) is 7.45. The second-order valence-corrected chi connectivity index (χ2v) is 3.59. The van der Waals surface area contributed by atoms with Gasteiger partial charge in [0.2, 0.25) is 0 Å². The lowest BCUT2D eigenvalue weighted by atomic mass is 10.3. The third-order valence-corrected chi connectivity index (χ3v) is 2.56. The number of nitrogens with one attached hydrogen (secondary N) is 2. The van der Waals surface area contributed by atoms with Gasteiger partial charge in [0.25, 0.3) is 0 Å². The van der Waals surface area contributed by atoms with Crippen LogP contribution in [0.4, 0.5) is 0 Å². The van der Waals surface area contributed by atoms with Crippen LogP contribution < -0.4 is 5.32 Å². The minimum absolute atomic E-state index is 0.0533. The van der Waals surface area contributed by atoms with E-state index in [1.165, 1.54) is 0 Å². The van der Waals surface area contributed by atoms with Crippen molar-refractivity contribution in [2.75, 3.05) is 12.8 Å². The number of thioether (sulfide) groups is 1. The van der Waals surface area contributed by atoms with Gasteiger partial charge in [-0.2, -0.15) is 5.26 Å². The first-order valence-electron chi connectivity index (χ1n) is 4.06. The Balaban J connectivity index is 2.18. The number of imidazole rings is 1. The van der Waals surface area contributed by atoms with Crippen molar-refractivity contribution >= 4 is 11.8 Å². The summed E-state index contributed by atoms with van der Waals surface area (Å²) in [6.07, 6.45) is 4.35. The highest BCUT2D eigenvalue weighted by atomic mass is 32.2. The lowest BCUT2D eigenvalue weighted by Gasteiger charge is -2.04. The summed E-state index contributed by atoms with van der Waals surface area (Å²) in [5, 5.41) is 12.5. The van der Waals surface area contributed by atoms with Crippen molar-refractivity contribution in [3.63, 3.8) is 0 Å². The molecule has 0 aliphatic heterocycles. The molecule has 13 heavy (non-hydrogen) atoms. The molecule has 1 atom stereocenters. The molecule has 1 aromatic heterocycles. The molecular weight excluding hydrogens is 184 g/mol. The maximum absolute atomic E-state index is 8.64. The summed E-state index contributed by atoms with van der Waals surface area (Å²) in [4.78, 5) is 7.06. The van der Waals surface area contributed by atoms with Crippen LogP contribution in [-0.4, -0.2) is 28.8 Å². The average Bonchev–Trinajstić information content (AvgIpc) is 2.65. The Labute approximate surface area is 81.8 Å². The van der Waals surface area contributed by atoms with E-state index in [9.17, 15) is 0 Å². The zero-order valence-corrected chi connectivity index (χ0v) is 8.27. The van der Waals surface area contributed by atoms with Gasteiger partial charge < -0.3 is 10.3 Å². The zero-order chi connectivity index (χ0) is 9.52. The molecule has 0 bridgehead atoms. The fourth-order valence-electron chi connectivity index (χ4n) is 0.877. The van der Waals surface area contributed by atoms with Crippen LogP contribution in [-0.2, 0) is 0 Å². The predicted octanol–water partition coefficient (Wildman–Crippen LogP) is 1.00. The van der Waals surface area contributed by atoms with E-state index in [0.29, 0.717) is 0 Å². The van der Waals surface area contributed by atoms with Gasteiger partial charge in [-0.25, -0.2) is 4.98 Å². The monoisotopic (exact) mass is 196 g/mol. The molecule has 0 aliphatic rings. The molecule has 1 rings (SSSR count). The van der Waals surface area contributed by atoms with Crippen LogP contribution >= 0.6 is 11.8 Å². The second kappa shape index (κ2) is 5.62. The number of hydrogen-bond acceptors (Lipinski definition) is 4. The highest BCUT2D eigenvalue weighted by Gasteiger charge is 2.03. The summed E-state index contributed by atoms with van der Waals surface area (Å²) in [5.74, 6) is 0.895. The van der Waals surface area contributed by atoms with Gasteiger partial charge in [0.1, 0.15) is 0 Å². The van der Waals surface area contributed by atoms with Crippen molar-refractivity contribution in [2.45, 2.75) is 17.6 Å². The maximum Gasteiger partial charge on any atom is 0.165 e. The molecule has 0 aliphatic carbocycles. The van der Waals surface area contributed by atoms with Crippen molar-refractivity contribution in [2.24, 2.45) is 0 Å². The Morgan fingerprint density at radius 3 is 3.23 bits per heavy atom. The number of hydrogen-bond donors (Lipinski definition) is 2. The van der Waals surface area contributed by atoms with E-state index in [1.807, 2.05) is 0 Å². The van der Waals surface area contributed by atoms with Crippen molar-refractivity contribution in [1.29, 1.82) is 5.26 Å². The average molecular weight is 196 g/mol. The Morgan fingerprint density at radius 1 is 1.85 bits per heavy atom. The van der Waals surface area contributed by atoms with E-state index < -0.39 is 0 Å². The van der Waals surface area contributed by atoms with Gasteiger partial charge in [-0.05, 0) is 13.5 Å². The van der Waals surface area contributed by atoms with E-state index in [0.717, 1.165) is 17.3 Å². The van der Waals surface area contributed by atoms with Crippen LogP contribution in [0.1, 0.15) is 6.42 Å². The summed E-state index contributed by atoms with van der Waals surface area (Å²) in [6, 6.07) is 2.12. The lowest BCUT2D eigenvalue weighted by Crippen LogP contribution is -2.23. The van der Waals surface area contributed by atoms with Crippen LogP contribution in [0.5, 0.6) is 0 Å². The number of aromatic nitrogens is 2. The topological polar surface area (TPSA) is 64.5 Å². The molecular formula is C8H12N4S. The summed E-state index contributed by atoms with van der Waals surface area (Å²) in [7, 11) is 1.80. The molecule has 0 radical (unpaired) electrons. The Hall–Kier alpha value is -0.990. The van der Waals surface area contributed by atoms with Crippen LogP contribution in [0.3, 0.4) is 0 Å². The number of nitriles is 1.